The molecule has 1 aromatic heterocycles. The molecule has 0 spiro atoms. The first-order valence-electron chi connectivity index (χ1n) is 6.31. The molecular weight excluding hydrogens is 253 g/mol. The fourth-order valence-electron chi connectivity index (χ4n) is 2.15. The number of anilines is 3. The van der Waals surface area contributed by atoms with E-state index in [1.165, 1.54) is 6.07 Å². The van der Waals surface area contributed by atoms with Gasteiger partial charge in [-0.3, -0.25) is 4.98 Å². The number of benzene rings is 2. The van der Waals surface area contributed by atoms with E-state index in [-0.39, 0.29) is 5.82 Å². The number of aromatic nitrogens is 1. The van der Waals surface area contributed by atoms with Crippen LogP contribution in [0.15, 0.2) is 48.7 Å². The highest BCUT2D eigenvalue weighted by Gasteiger charge is 2.09. The molecule has 0 bridgehead atoms. The summed E-state index contributed by atoms with van der Waals surface area (Å²) in [6.07, 6.45) is 1.58. The number of para-hydroxylation sites is 1. The number of hydrogen-bond acceptors (Lipinski definition) is 3. The molecule has 0 radical (unpaired) electrons. The summed E-state index contributed by atoms with van der Waals surface area (Å²) in [5, 5.41) is 3.94. The summed E-state index contributed by atoms with van der Waals surface area (Å²) in [4.78, 5) is 4.26. The molecule has 3 nitrogen and oxygen atoms in total. The van der Waals surface area contributed by atoms with E-state index >= 15 is 0 Å². The van der Waals surface area contributed by atoms with Crippen LogP contribution < -0.4 is 11.1 Å². The fraction of sp³-hybridized carbons (Fsp3) is 0.0625. The third-order valence-electron chi connectivity index (χ3n) is 3.19. The van der Waals surface area contributed by atoms with Gasteiger partial charge < -0.3 is 11.1 Å². The number of fused-ring (bicyclic) bond motifs is 1. The minimum Gasteiger partial charge on any atom is -0.396 e. The number of rotatable bonds is 2. The lowest BCUT2D eigenvalue weighted by Gasteiger charge is -2.13. The normalized spacial score (nSPS) is 10.7. The summed E-state index contributed by atoms with van der Waals surface area (Å²) in [6.45, 7) is 1.85. The molecule has 0 saturated heterocycles. The molecule has 0 fully saturated rings. The summed E-state index contributed by atoms with van der Waals surface area (Å²) in [5.74, 6) is -0.301. The van der Waals surface area contributed by atoms with Gasteiger partial charge in [0.15, 0.2) is 0 Å². The molecule has 1 heterocycles. The number of nitrogen functional groups attached to an aromatic ring is 1. The lowest BCUT2D eigenvalue weighted by Crippen LogP contribution is -2.00. The van der Waals surface area contributed by atoms with Crippen LogP contribution in [0.5, 0.6) is 0 Å². The summed E-state index contributed by atoms with van der Waals surface area (Å²) in [5.41, 5.74) is 9.23. The quantitative estimate of drug-likeness (QED) is 0.737. The first-order chi connectivity index (χ1) is 9.65. The van der Waals surface area contributed by atoms with E-state index in [0.717, 1.165) is 16.5 Å². The van der Waals surface area contributed by atoms with Crippen LogP contribution in [0.1, 0.15) is 5.56 Å². The van der Waals surface area contributed by atoms with Crippen molar-refractivity contribution in [2.45, 2.75) is 6.92 Å². The molecule has 0 aliphatic rings. The molecule has 3 rings (SSSR count). The van der Waals surface area contributed by atoms with E-state index in [1.54, 1.807) is 12.3 Å². The van der Waals surface area contributed by atoms with Gasteiger partial charge in [-0.2, -0.15) is 0 Å². The summed E-state index contributed by atoms with van der Waals surface area (Å²) in [7, 11) is 0. The van der Waals surface area contributed by atoms with Gasteiger partial charge in [0.1, 0.15) is 5.82 Å². The summed E-state index contributed by atoms with van der Waals surface area (Å²) >= 11 is 0. The van der Waals surface area contributed by atoms with Crippen molar-refractivity contribution < 1.29 is 4.39 Å². The van der Waals surface area contributed by atoms with Crippen molar-refractivity contribution in [3.63, 3.8) is 0 Å². The van der Waals surface area contributed by atoms with E-state index in [9.17, 15) is 4.39 Å². The molecule has 0 atom stereocenters. The summed E-state index contributed by atoms with van der Waals surface area (Å²) < 4.78 is 13.9. The van der Waals surface area contributed by atoms with Gasteiger partial charge in [0.25, 0.3) is 0 Å². The third kappa shape index (κ3) is 2.16. The molecule has 4 heteroatoms. The Hall–Kier alpha value is -2.62. The van der Waals surface area contributed by atoms with Crippen molar-refractivity contribution in [3.8, 4) is 0 Å². The predicted octanol–water partition coefficient (Wildman–Crippen LogP) is 4.01. The molecule has 100 valence electrons. The van der Waals surface area contributed by atoms with E-state index < -0.39 is 0 Å². The van der Waals surface area contributed by atoms with Crippen molar-refractivity contribution in [1.29, 1.82) is 0 Å². The largest absolute Gasteiger partial charge is 0.396 e. The van der Waals surface area contributed by atoms with Gasteiger partial charge >= 0.3 is 0 Å². The average Bonchev–Trinajstić information content (AvgIpc) is 2.44. The number of nitrogens with two attached hydrogens (primary N) is 1. The van der Waals surface area contributed by atoms with Crippen LogP contribution in [0.3, 0.4) is 0 Å². The monoisotopic (exact) mass is 267 g/mol. The molecule has 0 aliphatic carbocycles. The predicted molar refractivity (Wildman–Crippen MR) is 80.6 cm³/mol. The Morgan fingerprint density at radius 2 is 1.95 bits per heavy atom. The Morgan fingerprint density at radius 3 is 2.75 bits per heavy atom. The minimum atomic E-state index is -0.301. The van der Waals surface area contributed by atoms with Gasteiger partial charge in [-0.15, -0.1) is 0 Å². The van der Waals surface area contributed by atoms with Crippen molar-refractivity contribution in [3.05, 3.63) is 60.0 Å². The van der Waals surface area contributed by atoms with Crippen LogP contribution in [0.25, 0.3) is 10.9 Å². The third-order valence-corrected chi connectivity index (χ3v) is 3.19. The lowest BCUT2D eigenvalue weighted by molar-refractivity contribution is 0.631. The number of hydrogen-bond donors (Lipinski definition) is 2. The highest BCUT2D eigenvalue weighted by atomic mass is 19.1. The first kappa shape index (κ1) is 12.4. The van der Waals surface area contributed by atoms with E-state index in [4.69, 9.17) is 5.73 Å². The lowest BCUT2D eigenvalue weighted by atomic mass is 10.1. The van der Waals surface area contributed by atoms with Crippen molar-refractivity contribution in [2.75, 3.05) is 11.1 Å². The zero-order valence-electron chi connectivity index (χ0n) is 11.0. The van der Waals surface area contributed by atoms with Crippen LogP contribution in [0.2, 0.25) is 0 Å². The molecule has 20 heavy (non-hydrogen) atoms. The zero-order chi connectivity index (χ0) is 14.1. The number of halogens is 1. The zero-order valence-corrected chi connectivity index (χ0v) is 11.0. The van der Waals surface area contributed by atoms with Crippen LogP contribution in [0, 0.1) is 12.7 Å². The number of nitrogens with zero attached hydrogens (tertiary/aromatic N) is 1. The molecule has 0 amide bonds. The van der Waals surface area contributed by atoms with Gasteiger partial charge in [0.2, 0.25) is 0 Å². The number of aryl methyl sites for hydroxylation is 1. The van der Waals surface area contributed by atoms with Crippen LogP contribution in [-0.2, 0) is 0 Å². The molecule has 3 aromatic rings. The van der Waals surface area contributed by atoms with Crippen LogP contribution >= 0.6 is 0 Å². The molecule has 0 saturated carbocycles. The highest BCUT2D eigenvalue weighted by Crippen LogP contribution is 2.31. The Labute approximate surface area is 116 Å². The number of pyridine rings is 1. The molecule has 0 aliphatic heterocycles. The SMILES string of the molecule is Cc1ccc(Nc2c(N)cnc3ccccc23)c(F)c1. The second-order valence-electron chi connectivity index (χ2n) is 4.71. The van der Waals surface area contributed by atoms with Gasteiger partial charge in [0.05, 0.1) is 28.8 Å². The Balaban J connectivity index is 2.12. The fourth-order valence-corrected chi connectivity index (χ4v) is 2.15. The Kier molecular flexibility index (Phi) is 2.99. The van der Waals surface area contributed by atoms with Crippen LogP contribution in [-0.4, -0.2) is 4.98 Å². The topological polar surface area (TPSA) is 50.9 Å². The Morgan fingerprint density at radius 1 is 1.15 bits per heavy atom. The molecular formula is C16H14FN3. The van der Waals surface area contributed by atoms with Gasteiger partial charge in [-0.1, -0.05) is 24.3 Å². The maximum absolute atomic E-state index is 13.9. The Bertz CT molecular complexity index is 784. The maximum atomic E-state index is 13.9. The average molecular weight is 267 g/mol. The maximum Gasteiger partial charge on any atom is 0.146 e. The van der Waals surface area contributed by atoms with Crippen molar-refractivity contribution in [2.24, 2.45) is 0 Å². The second kappa shape index (κ2) is 4.81. The van der Waals surface area contributed by atoms with Crippen molar-refractivity contribution >= 4 is 28.0 Å². The first-order valence-corrected chi connectivity index (χ1v) is 6.31. The number of nitrogens with one attached hydrogen (secondary N) is 1. The minimum absolute atomic E-state index is 0.301. The molecule has 0 unspecified atom stereocenters. The van der Waals surface area contributed by atoms with Crippen LogP contribution in [0.4, 0.5) is 21.5 Å². The van der Waals surface area contributed by atoms with E-state index in [2.05, 4.69) is 10.3 Å². The van der Waals surface area contributed by atoms with Gasteiger partial charge in [-0.25, -0.2) is 4.39 Å². The molecule has 3 N–H and O–H groups in total. The van der Waals surface area contributed by atoms with E-state index in [0.29, 0.717) is 17.1 Å². The van der Waals surface area contributed by atoms with Gasteiger partial charge in [0, 0.05) is 5.39 Å². The van der Waals surface area contributed by atoms with E-state index in [1.807, 2.05) is 37.3 Å². The standard InChI is InChI=1S/C16H14FN3/c1-10-6-7-15(12(17)8-10)20-16-11-4-2-3-5-14(11)19-9-13(16)18/h2-9H,18H2,1H3,(H,19,20). The van der Waals surface area contributed by atoms with Gasteiger partial charge in [-0.05, 0) is 30.7 Å². The molecule has 2 aromatic carbocycles. The summed E-state index contributed by atoms with van der Waals surface area (Å²) in [6, 6.07) is 12.7. The second-order valence-corrected chi connectivity index (χ2v) is 4.71. The smallest absolute Gasteiger partial charge is 0.146 e. The van der Waals surface area contributed by atoms with Crippen molar-refractivity contribution in [1.82, 2.24) is 4.98 Å². The highest BCUT2D eigenvalue weighted by molar-refractivity contribution is 5.98.